The summed E-state index contributed by atoms with van der Waals surface area (Å²) in [6, 6.07) is 4.54. The number of amides is 1. The molecule has 0 saturated carbocycles. The minimum atomic E-state index is -0.0682. The highest BCUT2D eigenvalue weighted by molar-refractivity contribution is 6.32. The second-order valence-corrected chi connectivity index (χ2v) is 5.69. The quantitative estimate of drug-likeness (QED) is 0.915. The molecule has 116 valence electrons. The van der Waals surface area contributed by atoms with Crippen molar-refractivity contribution in [3.8, 4) is 5.75 Å². The minimum Gasteiger partial charge on any atom is -0.506 e. The molecular weight excluding hydrogens is 304 g/mol. The van der Waals surface area contributed by atoms with E-state index in [2.05, 4.69) is 9.88 Å². The van der Waals surface area contributed by atoms with E-state index >= 15 is 0 Å². The van der Waals surface area contributed by atoms with Crippen molar-refractivity contribution < 1.29 is 9.90 Å². The molecule has 0 radical (unpaired) electrons. The Morgan fingerprint density at radius 1 is 1.27 bits per heavy atom. The molecule has 1 saturated heterocycles. The number of aryl methyl sites for hydroxylation is 1. The summed E-state index contributed by atoms with van der Waals surface area (Å²) < 4.78 is 1.97. The SMILES string of the molecule is Cn1ccnc1N1CCN(C(=O)c2ccc(O)c(Cl)c2)CC1. The number of hydrogen-bond donors (Lipinski definition) is 1. The van der Waals surface area contributed by atoms with E-state index in [-0.39, 0.29) is 16.7 Å². The topological polar surface area (TPSA) is 61.6 Å². The van der Waals surface area contributed by atoms with Gasteiger partial charge < -0.3 is 19.5 Å². The van der Waals surface area contributed by atoms with Crippen molar-refractivity contribution in [3.05, 3.63) is 41.2 Å². The van der Waals surface area contributed by atoms with Crippen LogP contribution in [0, 0.1) is 0 Å². The lowest BCUT2D eigenvalue weighted by molar-refractivity contribution is 0.0746. The lowest BCUT2D eigenvalue weighted by Crippen LogP contribution is -2.49. The van der Waals surface area contributed by atoms with E-state index in [9.17, 15) is 9.90 Å². The summed E-state index contributed by atoms with van der Waals surface area (Å²) in [5.74, 6) is 0.832. The van der Waals surface area contributed by atoms with Crippen molar-refractivity contribution in [1.82, 2.24) is 14.5 Å². The van der Waals surface area contributed by atoms with E-state index in [1.807, 2.05) is 17.8 Å². The number of piperazine rings is 1. The second kappa shape index (κ2) is 5.88. The van der Waals surface area contributed by atoms with Crippen LogP contribution in [0.3, 0.4) is 0 Å². The zero-order valence-electron chi connectivity index (χ0n) is 12.2. The Morgan fingerprint density at radius 2 is 2.00 bits per heavy atom. The van der Waals surface area contributed by atoms with Crippen molar-refractivity contribution >= 4 is 23.5 Å². The molecule has 1 aliphatic heterocycles. The molecule has 7 heteroatoms. The van der Waals surface area contributed by atoms with Crippen molar-refractivity contribution in [1.29, 1.82) is 0 Å². The first-order valence-electron chi connectivity index (χ1n) is 7.06. The van der Waals surface area contributed by atoms with Gasteiger partial charge in [0.2, 0.25) is 5.95 Å². The van der Waals surface area contributed by atoms with E-state index in [0.717, 1.165) is 19.0 Å². The third kappa shape index (κ3) is 2.74. The largest absolute Gasteiger partial charge is 0.506 e. The number of nitrogens with zero attached hydrogens (tertiary/aromatic N) is 4. The van der Waals surface area contributed by atoms with Crippen LogP contribution in [0.4, 0.5) is 5.95 Å². The number of aromatic hydroxyl groups is 1. The molecule has 0 bridgehead atoms. The van der Waals surface area contributed by atoms with Gasteiger partial charge in [-0.05, 0) is 18.2 Å². The number of anilines is 1. The molecule has 3 rings (SSSR count). The fourth-order valence-corrected chi connectivity index (χ4v) is 2.78. The summed E-state index contributed by atoms with van der Waals surface area (Å²) in [5, 5.41) is 9.62. The molecular formula is C15H17ClN4O2. The minimum absolute atomic E-state index is 0.0159. The molecule has 0 spiro atoms. The molecule has 1 fully saturated rings. The predicted molar refractivity (Wildman–Crippen MR) is 84.4 cm³/mol. The smallest absolute Gasteiger partial charge is 0.254 e. The van der Waals surface area contributed by atoms with Gasteiger partial charge in [-0.25, -0.2) is 4.98 Å². The van der Waals surface area contributed by atoms with Crippen molar-refractivity contribution in [2.45, 2.75) is 0 Å². The molecule has 0 aliphatic carbocycles. The molecule has 0 unspecified atom stereocenters. The number of aromatic nitrogens is 2. The monoisotopic (exact) mass is 320 g/mol. The molecule has 2 aromatic rings. The third-order valence-electron chi connectivity index (χ3n) is 3.84. The van der Waals surface area contributed by atoms with Crippen molar-refractivity contribution in [2.75, 3.05) is 31.1 Å². The van der Waals surface area contributed by atoms with Crippen LogP contribution in [-0.2, 0) is 7.05 Å². The summed E-state index contributed by atoms with van der Waals surface area (Å²) in [6.07, 6.45) is 3.68. The lowest BCUT2D eigenvalue weighted by atomic mass is 10.1. The summed E-state index contributed by atoms with van der Waals surface area (Å²) in [4.78, 5) is 20.8. The Labute approximate surface area is 133 Å². The summed E-state index contributed by atoms with van der Waals surface area (Å²) >= 11 is 5.86. The van der Waals surface area contributed by atoms with Crippen molar-refractivity contribution in [2.24, 2.45) is 7.05 Å². The Bertz CT molecular complexity index is 693. The molecule has 1 N–H and O–H groups in total. The normalized spacial score (nSPS) is 15.2. The maximum atomic E-state index is 12.5. The highest BCUT2D eigenvalue weighted by Crippen LogP contribution is 2.24. The Morgan fingerprint density at radius 3 is 2.59 bits per heavy atom. The van der Waals surface area contributed by atoms with E-state index < -0.39 is 0 Å². The molecule has 2 heterocycles. The molecule has 1 amide bonds. The van der Waals surface area contributed by atoms with Crippen LogP contribution in [-0.4, -0.2) is 51.6 Å². The van der Waals surface area contributed by atoms with Gasteiger partial charge in [0, 0.05) is 51.2 Å². The average Bonchev–Trinajstić information content (AvgIpc) is 2.95. The van der Waals surface area contributed by atoms with E-state index in [1.54, 1.807) is 17.2 Å². The van der Waals surface area contributed by atoms with Crippen LogP contribution >= 0.6 is 11.6 Å². The Kier molecular flexibility index (Phi) is 3.94. The van der Waals surface area contributed by atoms with Gasteiger partial charge in [-0.3, -0.25) is 4.79 Å². The maximum Gasteiger partial charge on any atom is 0.254 e. The van der Waals surface area contributed by atoms with E-state index in [4.69, 9.17) is 11.6 Å². The fourth-order valence-electron chi connectivity index (χ4n) is 2.59. The fraction of sp³-hybridized carbons (Fsp3) is 0.333. The zero-order chi connectivity index (χ0) is 15.7. The van der Waals surface area contributed by atoms with Gasteiger partial charge in [0.05, 0.1) is 5.02 Å². The lowest BCUT2D eigenvalue weighted by Gasteiger charge is -2.35. The van der Waals surface area contributed by atoms with Gasteiger partial charge in [0.15, 0.2) is 0 Å². The second-order valence-electron chi connectivity index (χ2n) is 5.28. The number of phenolic OH excluding ortho intramolecular Hbond substituents is 1. The van der Waals surface area contributed by atoms with E-state index in [0.29, 0.717) is 18.7 Å². The van der Waals surface area contributed by atoms with Gasteiger partial charge in [0.1, 0.15) is 5.75 Å². The molecule has 1 aromatic heterocycles. The predicted octanol–water partition coefficient (Wildman–Crippen LogP) is 1.74. The van der Waals surface area contributed by atoms with Gasteiger partial charge >= 0.3 is 0 Å². The summed E-state index contributed by atoms with van der Waals surface area (Å²) in [6.45, 7) is 2.74. The third-order valence-corrected chi connectivity index (χ3v) is 4.14. The number of imidazole rings is 1. The van der Waals surface area contributed by atoms with Gasteiger partial charge in [-0.2, -0.15) is 0 Å². The van der Waals surface area contributed by atoms with Crippen LogP contribution in [0.5, 0.6) is 5.75 Å². The van der Waals surface area contributed by atoms with Gasteiger partial charge in [0.25, 0.3) is 5.91 Å². The molecule has 1 aromatic carbocycles. The molecule has 6 nitrogen and oxygen atoms in total. The standard InChI is InChI=1S/C15H17ClN4O2/c1-18-5-4-17-15(18)20-8-6-19(7-9-20)14(22)11-2-3-13(21)12(16)10-11/h2-5,10,21H,6-9H2,1H3. The first kappa shape index (κ1) is 14.7. The number of carbonyl (C=O) groups is 1. The number of halogens is 1. The highest BCUT2D eigenvalue weighted by Gasteiger charge is 2.24. The zero-order valence-corrected chi connectivity index (χ0v) is 13.0. The van der Waals surface area contributed by atoms with Gasteiger partial charge in [-0.1, -0.05) is 11.6 Å². The highest BCUT2D eigenvalue weighted by atomic mass is 35.5. The van der Waals surface area contributed by atoms with Crippen LogP contribution < -0.4 is 4.90 Å². The average molecular weight is 321 g/mol. The number of carbonyl (C=O) groups excluding carboxylic acids is 1. The number of benzene rings is 1. The van der Waals surface area contributed by atoms with Crippen molar-refractivity contribution in [3.63, 3.8) is 0 Å². The first-order chi connectivity index (χ1) is 10.6. The molecule has 0 atom stereocenters. The Hall–Kier alpha value is -2.21. The molecule has 22 heavy (non-hydrogen) atoms. The molecule has 1 aliphatic rings. The van der Waals surface area contributed by atoms with Crippen LogP contribution in [0.1, 0.15) is 10.4 Å². The number of rotatable bonds is 2. The maximum absolute atomic E-state index is 12.5. The number of phenols is 1. The summed E-state index contributed by atoms with van der Waals surface area (Å²) in [7, 11) is 1.96. The van der Waals surface area contributed by atoms with Crippen LogP contribution in [0.15, 0.2) is 30.6 Å². The Balaban J connectivity index is 1.67. The summed E-state index contributed by atoms with van der Waals surface area (Å²) in [5.41, 5.74) is 0.494. The van der Waals surface area contributed by atoms with E-state index in [1.165, 1.54) is 12.1 Å². The first-order valence-corrected chi connectivity index (χ1v) is 7.44. The van der Waals surface area contributed by atoms with Crippen LogP contribution in [0.25, 0.3) is 0 Å². The number of hydrogen-bond acceptors (Lipinski definition) is 4. The van der Waals surface area contributed by atoms with Gasteiger partial charge in [-0.15, -0.1) is 0 Å². The van der Waals surface area contributed by atoms with Crippen LogP contribution in [0.2, 0.25) is 5.02 Å².